The monoisotopic (exact) mass is 418 g/mol. The first kappa shape index (κ1) is 19.2. The molecule has 4 aromatic rings. The molecule has 0 radical (unpaired) electrons. The number of nitrogens with two attached hydrogens (primary N) is 1. The van der Waals surface area contributed by atoms with Crippen LogP contribution in [-0.4, -0.2) is 33.9 Å². The number of hydrogen-bond acceptors (Lipinski definition) is 7. The van der Waals surface area contributed by atoms with Crippen LogP contribution in [0.5, 0.6) is 11.5 Å². The van der Waals surface area contributed by atoms with Crippen molar-refractivity contribution in [3.63, 3.8) is 0 Å². The van der Waals surface area contributed by atoms with Crippen LogP contribution in [0.15, 0.2) is 42.5 Å². The Kier molecular flexibility index (Phi) is 4.62. The molecule has 8 nitrogen and oxygen atoms in total. The zero-order chi connectivity index (χ0) is 21.5. The predicted octanol–water partition coefficient (Wildman–Crippen LogP) is 4.09. The van der Waals surface area contributed by atoms with Gasteiger partial charge in [-0.15, -0.1) is 0 Å². The Labute approximate surface area is 178 Å². The third kappa shape index (κ3) is 3.20. The predicted molar refractivity (Wildman–Crippen MR) is 117 cm³/mol. The fraction of sp³-hybridized carbons (Fsp3) is 0.261. The Morgan fingerprint density at radius 1 is 1.16 bits per heavy atom. The fourth-order valence-electron chi connectivity index (χ4n) is 3.56. The number of nitrogen functional groups attached to an aromatic ring is 1. The molecule has 0 spiro atoms. The maximum atomic E-state index is 13.0. The fourth-order valence-corrected chi connectivity index (χ4v) is 3.56. The summed E-state index contributed by atoms with van der Waals surface area (Å²) in [7, 11) is 0. The van der Waals surface area contributed by atoms with Crippen LogP contribution in [0.3, 0.4) is 0 Å². The number of rotatable bonds is 5. The van der Waals surface area contributed by atoms with E-state index in [-0.39, 0.29) is 24.1 Å². The summed E-state index contributed by atoms with van der Waals surface area (Å²) in [6.45, 7) is 4.56. The van der Waals surface area contributed by atoms with Crippen LogP contribution in [0.1, 0.15) is 30.6 Å². The molecule has 2 aromatic carbocycles. The van der Waals surface area contributed by atoms with Crippen LogP contribution in [-0.2, 0) is 4.74 Å². The number of para-hydroxylation sites is 2. The van der Waals surface area contributed by atoms with Gasteiger partial charge in [0.2, 0.25) is 6.79 Å². The van der Waals surface area contributed by atoms with E-state index in [2.05, 4.69) is 6.92 Å². The summed E-state index contributed by atoms with van der Waals surface area (Å²) in [5.74, 6) is 1.22. The van der Waals surface area contributed by atoms with Gasteiger partial charge in [0.25, 0.3) is 0 Å². The zero-order valence-corrected chi connectivity index (χ0v) is 17.3. The Hall–Kier alpha value is -3.81. The minimum Gasteiger partial charge on any atom is -0.462 e. The summed E-state index contributed by atoms with van der Waals surface area (Å²) in [6, 6.07) is 12.9. The highest BCUT2D eigenvalue weighted by molar-refractivity contribution is 6.09. The van der Waals surface area contributed by atoms with Gasteiger partial charge < -0.3 is 19.9 Å². The van der Waals surface area contributed by atoms with Crippen LogP contribution in [0.4, 0.5) is 5.82 Å². The second kappa shape index (κ2) is 7.46. The average molecular weight is 418 g/mol. The molecule has 1 atom stereocenters. The lowest BCUT2D eigenvalue weighted by Gasteiger charge is -2.10. The summed E-state index contributed by atoms with van der Waals surface area (Å²) in [5, 5.41) is 0. The Balaban J connectivity index is 1.72. The molecule has 0 fully saturated rings. The molecule has 5 rings (SSSR count). The highest BCUT2D eigenvalue weighted by Gasteiger charge is 2.27. The molecule has 2 N–H and O–H groups in total. The van der Waals surface area contributed by atoms with Crippen molar-refractivity contribution in [3.8, 4) is 17.2 Å². The smallest absolute Gasteiger partial charge is 0.344 e. The van der Waals surface area contributed by atoms with E-state index < -0.39 is 5.97 Å². The van der Waals surface area contributed by atoms with Crippen molar-refractivity contribution in [2.24, 2.45) is 5.92 Å². The maximum absolute atomic E-state index is 13.0. The third-order valence-electron chi connectivity index (χ3n) is 5.51. The van der Waals surface area contributed by atoms with Gasteiger partial charge in [0.05, 0.1) is 23.3 Å². The van der Waals surface area contributed by atoms with Crippen molar-refractivity contribution in [2.75, 3.05) is 19.1 Å². The van der Waals surface area contributed by atoms with Gasteiger partial charge >= 0.3 is 5.97 Å². The van der Waals surface area contributed by atoms with E-state index in [1.165, 1.54) is 0 Å². The molecule has 2 aromatic heterocycles. The van der Waals surface area contributed by atoms with Gasteiger partial charge in [-0.1, -0.05) is 32.4 Å². The van der Waals surface area contributed by atoms with Crippen molar-refractivity contribution in [1.29, 1.82) is 0 Å². The Bertz CT molecular complexity index is 1310. The molecule has 0 saturated carbocycles. The van der Waals surface area contributed by atoms with Crippen molar-refractivity contribution >= 4 is 34.0 Å². The summed E-state index contributed by atoms with van der Waals surface area (Å²) in [4.78, 5) is 22.5. The van der Waals surface area contributed by atoms with E-state index in [1.54, 1.807) is 10.6 Å². The van der Waals surface area contributed by atoms with E-state index in [4.69, 9.17) is 29.9 Å². The third-order valence-corrected chi connectivity index (χ3v) is 5.51. The van der Waals surface area contributed by atoms with E-state index in [0.717, 1.165) is 6.42 Å². The minimum atomic E-state index is -0.508. The maximum Gasteiger partial charge on any atom is 0.344 e. The van der Waals surface area contributed by atoms with Crippen LogP contribution in [0, 0.1) is 5.92 Å². The largest absolute Gasteiger partial charge is 0.462 e. The number of hydrogen-bond donors (Lipinski definition) is 1. The first-order valence-corrected chi connectivity index (χ1v) is 10.2. The molecule has 158 valence electrons. The number of esters is 1. The van der Waals surface area contributed by atoms with E-state index in [0.29, 0.717) is 46.0 Å². The molecule has 0 bridgehead atoms. The van der Waals surface area contributed by atoms with Crippen molar-refractivity contribution in [3.05, 3.63) is 48.0 Å². The molecule has 31 heavy (non-hydrogen) atoms. The lowest BCUT2D eigenvalue weighted by molar-refractivity contribution is 0.0450. The molecule has 0 amide bonds. The Morgan fingerprint density at radius 2 is 1.90 bits per heavy atom. The van der Waals surface area contributed by atoms with Crippen LogP contribution < -0.4 is 15.2 Å². The second-order valence-electron chi connectivity index (χ2n) is 7.63. The lowest BCUT2D eigenvalue weighted by atomic mass is 10.1. The van der Waals surface area contributed by atoms with Gasteiger partial charge in [0.1, 0.15) is 16.9 Å². The number of fused-ring (bicyclic) bond motifs is 3. The molecular formula is C23H22N4O4. The minimum absolute atomic E-state index is 0.165. The van der Waals surface area contributed by atoms with E-state index in [1.807, 2.05) is 43.3 Å². The van der Waals surface area contributed by atoms with Gasteiger partial charge in [0, 0.05) is 6.07 Å². The molecule has 0 saturated heterocycles. The van der Waals surface area contributed by atoms with Gasteiger partial charge in [-0.2, -0.15) is 0 Å². The van der Waals surface area contributed by atoms with Crippen molar-refractivity contribution < 1.29 is 19.0 Å². The number of carbonyl (C=O) groups excluding carboxylic acids is 1. The molecule has 0 unspecified atom stereocenters. The highest BCUT2D eigenvalue weighted by atomic mass is 16.7. The zero-order valence-electron chi connectivity index (χ0n) is 17.3. The molecule has 8 heteroatoms. The second-order valence-corrected chi connectivity index (χ2v) is 7.63. The first-order chi connectivity index (χ1) is 15.1. The van der Waals surface area contributed by atoms with Crippen LogP contribution >= 0.6 is 0 Å². The highest BCUT2D eigenvalue weighted by Crippen LogP contribution is 2.37. The lowest BCUT2D eigenvalue weighted by Crippen LogP contribution is -2.13. The van der Waals surface area contributed by atoms with Crippen LogP contribution in [0.25, 0.3) is 27.9 Å². The van der Waals surface area contributed by atoms with Gasteiger partial charge in [-0.05, 0) is 30.2 Å². The Morgan fingerprint density at radius 3 is 2.68 bits per heavy atom. The van der Waals surface area contributed by atoms with Crippen molar-refractivity contribution in [1.82, 2.24) is 14.5 Å². The molecule has 3 heterocycles. The summed E-state index contributed by atoms with van der Waals surface area (Å²) < 4.78 is 18.2. The first-order valence-electron chi connectivity index (χ1n) is 10.2. The van der Waals surface area contributed by atoms with Gasteiger partial charge in [-0.25, -0.2) is 14.8 Å². The standard InChI is InChI=1S/C23H22N4O4/c1-3-13(2)11-29-23(28)19-20-22(26-16-7-5-4-6-15(16)25-20)27(21(19)24)14-8-9-17-18(10-14)31-12-30-17/h4-10,13H,3,11-12,24H2,1-2H3/t13-/m1/s1. The number of nitrogens with zero attached hydrogens (tertiary/aromatic N) is 3. The molecule has 0 aliphatic carbocycles. The number of ether oxygens (including phenoxy) is 3. The molecular weight excluding hydrogens is 396 g/mol. The average Bonchev–Trinajstić information content (AvgIpc) is 3.36. The quantitative estimate of drug-likeness (QED) is 0.487. The van der Waals surface area contributed by atoms with Crippen LogP contribution in [0.2, 0.25) is 0 Å². The van der Waals surface area contributed by atoms with Gasteiger partial charge in [0.15, 0.2) is 17.1 Å². The SMILES string of the molecule is CC[C@@H](C)COC(=O)c1c(N)n(-c2ccc3c(c2)OCO3)c2nc3ccccc3nc12. The van der Waals surface area contributed by atoms with E-state index >= 15 is 0 Å². The molecule has 1 aliphatic rings. The molecule has 1 aliphatic heterocycles. The summed E-state index contributed by atoms with van der Waals surface area (Å²) in [6.07, 6.45) is 0.909. The number of anilines is 1. The summed E-state index contributed by atoms with van der Waals surface area (Å²) >= 11 is 0. The number of aromatic nitrogens is 3. The number of benzene rings is 2. The van der Waals surface area contributed by atoms with Gasteiger partial charge in [-0.3, -0.25) is 4.57 Å². The van der Waals surface area contributed by atoms with E-state index in [9.17, 15) is 4.79 Å². The topological polar surface area (TPSA) is 101 Å². The van der Waals surface area contributed by atoms with Crippen molar-refractivity contribution in [2.45, 2.75) is 20.3 Å². The summed E-state index contributed by atoms with van der Waals surface area (Å²) in [5.41, 5.74) is 9.68. The normalized spacial score (nSPS) is 13.6. The number of carbonyl (C=O) groups is 1.